The van der Waals surface area contributed by atoms with Crippen LogP contribution in [0.2, 0.25) is 0 Å². The first kappa shape index (κ1) is 21.0. The van der Waals surface area contributed by atoms with E-state index in [1.807, 2.05) is 13.0 Å². The van der Waals surface area contributed by atoms with Crippen LogP contribution in [0, 0.1) is 5.82 Å². The van der Waals surface area contributed by atoms with Crippen LogP contribution < -0.4 is 14.8 Å². The number of nitrogens with one attached hydrogen (secondary N) is 1. The molecule has 1 atom stereocenters. The number of allylic oxidation sites excluding steroid dienone is 1. The summed E-state index contributed by atoms with van der Waals surface area (Å²) in [4.78, 5) is 19.0. The maximum atomic E-state index is 13.5. The number of aromatic nitrogens is 2. The lowest BCUT2D eigenvalue weighted by molar-refractivity contribution is 0.158. The maximum absolute atomic E-state index is 13.5. The van der Waals surface area contributed by atoms with Crippen molar-refractivity contribution in [1.82, 2.24) is 20.4 Å². The number of hydrogen-bond donors (Lipinski definition) is 1. The molecule has 0 aliphatic carbocycles. The summed E-state index contributed by atoms with van der Waals surface area (Å²) in [6, 6.07) is 10.4. The Kier molecular flexibility index (Phi) is 5.43. The highest BCUT2D eigenvalue weighted by atomic mass is 19.1. The highest BCUT2D eigenvalue weighted by molar-refractivity contribution is 5.86. The molecule has 5 rings (SSSR count). The Labute approximate surface area is 188 Å². The number of ether oxygens (including phenoxy) is 3. The number of halogens is 1. The van der Waals surface area contributed by atoms with Gasteiger partial charge in [0.25, 0.3) is 5.89 Å². The standard InChI is InChI=1S/C23H21FN4O5/c1-13-19(22-26-21(27-33-22)15-5-8-17-18(11-15)32-12-31-17)20(14-3-6-16(24)7-4-14)25-23(29)28(13)9-10-30-2/h3-8,11,20H,9-10,12H2,1-2H3,(H,25,29). The van der Waals surface area contributed by atoms with Crippen molar-refractivity contribution < 1.29 is 27.9 Å². The van der Waals surface area contributed by atoms with Gasteiger partial charge in [-0.25, -0.2) is 9.18 Å². The summed E-state index contributed by atoms with van der Waals surface area (Å²) < 4.78 is 35.1. The average molecular weight is 452 g/mol. The van der Waals surface area contributed by atoms with Crippen LogP contribution in [0.5, 0.6) is 11.5 Å². The first-order valence-corrected chi connectivity index (χ1v) is 10.3. The Morgan fingerprint density at radius 2 is 1.97 bits per heavy atom. The van der Waals surface area contributed by atoms with Crippen molar-refractivity contribution in [3.63, 3.8) is 0 Å². The van der Waals surface area contributed by atoms with Gasteiger partial charge in [0.2, 0.25) is 12.6 Å². The Morgan fingerprint density at radius 3 is 2.76 bits per heavy atom. The van der Waals surface area contributed by atoms with E-state index in [4.69, 9.17) is 18.7 Å². The third-order valence-electron chi connectivity index (χ3n) is 5.61. The van der Waals surface area contributed by atoms with E-state index in [0.29, 0.717) is 52.9 Å². The van der Waals surface area contributed by atoms with Gasteiger partial charge in [0, 0.05) is 18.4 Å². The fourth-order valence-electron chi connectivity index (χ4n) is 3.90. The van der Waals surface area contributed by atoms with E-state index in [1.54, 1.807) is 36.3 Å². The van der Waals surface area contributed by atoms with Gasteiger partial charge in [-0.2, -0.15) is 4.98 Å². The van der Waals surface area contributed by atoms with Crippen LogP contribution in [0.4, 0.5) is 9.18 Å². The molecule has 0 radical (unpaired) electrons. The van der Waals surface area contributed by atoms with Gasteiger partial charge >= 0.3 is 6.03 Å². The second kappa shape index (κ2) is 8.55. The minimum Gasteiger partial charge on any atom is -0.454 e. The van der Waals surface area contributed by atoms with Crippen LogP contribution in [-0.2, 0) is 4.74 Å². The molecule has 0 spiro atoms. The number of benzene rings is 2. The number of methoxy groups -OCH3 is 1. The molecule has 0 fully saturated rings. The van der Waals surface area contributed by atoms with Crippen molar-refractivity contribution in [2.24, 2.45) is 0 Å². The predicted octanol–water partition coefficient (Wildman–Crippen LogP) is 3.75. The molecule has 9 nitrogen and oxygen atoms in total. The second-order valence-electron chi connectivity index (χ2n) is 7.57. The van der Waals surface area contributed by atoms with Gasteiger partial charge in [0.05, 0.1) is 24.8 Å². The first-order chi connectivity index (χ1) is 16.0. The topological polar surface area (TPSA) is 99.0 Å². The van der Waals surface area contributed by atoms with Crippen molar-refractivity contribution in [2.45, 2.75) is 13.0 Å². The Balaban J connectivity index is 1.56. The smallest absolute Gasteiger partial charge is 0.322 e. The van der Waals surface area contributed by atoms with Crippen LogP contribution in [0.25, 0.3) is 17.0 Å². The monoisotopic (exact) mass is 452 g/mol. The zero-order chi connectivity index (χ0) is 22.9. The summed E-state index contributed by atoms with van der Waals surface area (Å²) in [6.45, 7) is 2.67. The number of rotatable bonds is 6. The van der Waals surface area contributed by atoms with Crippen molar-refractivity contribution in [3.8, 4) is 22.9 Å². The summed E-state index contributed by atoms with van der Waals surface area (Å²) >= 11 is 0. The molecule has 3 aromatic rings. The van der Waals surface area contributed by atoms with Crippen LogP contribution in [0.15, 0.2) is 52.7 Å². The van der Waals surface area contributed by atoms with Crippen LogP contribution >= 0.6 is 0 Å². The van der Waals surface area contributed by atoms with E-state index >= 15 is 0 Å². The molecule has 1 N–H and O–H groups in total. The first-order valence-electron chi connectivity index (χ1n) is 10.3. The Morgan fingerprint density at radius 1 is 1.18 bits per heavy atom. The molecule has 1 aromatic heterocycles. The molecular formula is C23H21FN4O5. The normalized spacial score (nSPS) is 17.5. The molecular weight excluding hydrogens is 431 g/mol. The predicted molar refractivity (Wildman–Crippen MR) is 115 cm³/mol. The van der Waals surface area contributed by atoms with Crippen molar-refractivity contribution in [1.29, 1.82) is 0 Å². The SMILES string of the molecule is COCCN1C(=O)NC(c2ccc(F)cc2)C(c2nc(-c3ccc4c(c3)OCO4)no2)=C1C. The third kappa shape index (κ3) is 3.89. The molecule has 2 aliphatic heterocycles. The minimum atomic E-state index is -0.595. The van der Waals surface area contributed by atoms with Gasteiger partial charge in [0.15, 0.2) is 11.5 Å². The second-order valence-corrected chi connectivity index (χ2v) is 7.57. The van der Waals surface area contributed by atoms with Crippen molar-refractivity contribution >= 4 is 11.6 Å². The maximum Gasteiger partial charge on any atom is 0.322 e. The summed E-state index contributed by atoms with van der Waals surface area (Å²) in [5.41, 5.74) is 2.65. The molecule has 10 heteroatoms. The van der Waals surface area contributed by atoms with Gasteiger partial charge in [-0.3, -0.25) is 4.90 Å². The van der Waals surface area contributed by atoms with E-state index < -0.39 is 6.04 Å². The molecule has 2 aliphatic rings. The Hall–Kier alpha value is -3.92. The van der Waals surface area contributed by atoms with Crippen molar-refractivity contribution in [2.75, 3.05) is 27.1 Å². The average Bonchev–Trinajstić information content (AvgIpc) is 3.48. The van der Waals surface area contributed by atoms with Crippen LogP contribution in [-0.4, -0.2) is 48.1 Å². The third-order valence-corrected chi connectivity index (χ3v) is 5.61. The molecule has 0 saturated heterocycles. The number of carbonyl (C=O) groups is 1. The Bertz CT molecular complexity index is 1220. The zero-order valence-corrected chi connectivity index (χ0v) is 18.0. The molecule has 0 saturated carbocycles. The number of urea groups is 1. The lowest BCUT2D eigenvalue weighted by Gasteiger charge is -2.35. The fourth-order valence-corrected chi connectivity index (χ4v) is 3.90. The highest BCUT2D eigenvalue weighted by Gasteiger charge is 2.35. The summed E-state index contributed by atoms with van der Waals surface area (Å²) in [5.74, 6) is 1.50. The number of nitrogens with zero attached hydrogens (tertiary/aromatic N) is 3. The number of hydrogen-bond acceptors (Lipinski definition) is 7. The van der Waals surface area contributed by atoms with E-state index in [9.17, 15) is 9.18 Å². The van der Waals surface area contributed by atoms with E-state index in [0.717, 1.165) is 0 Å². The molecule has 33 heavy (non-hydrogen) atoms. The molecule has 2 aromatic carbocycles. The van der Waals surface area contributed by atoms with Crippen LogP contribution in [0.1, 0.15) is 24.4 Å². The quantitative estimate of drug-likeness (QED) is 0.608. The van der Waals surface area contributed by atoms with Crippen molar-refractivity contribution in [3.05, 3.63) is 65.4 Å². The number of carbonyl (C=O) groups excluding carboxylic acids is 1. The van der Waals surface area contributed by atoms with Gasteiger partial charge in [-0.05, 0) is 42.8 Å². The van der Waals surface area contributed by atoms with E-state index in [-0.39, 0.29) is 24.5 Å². The number of amides is 2. The molecule has 0 bridgehead atoms. The highest BCUT2D eigenvalue weighted by Crippen LogP contribution is 2.39. The summed E-state index contributed by atoms with van der Waals surface area (Å²) in [6.07, 6.45) is 0. The molecule has 3 heterocycles. The lowest BCUT2D eigenvalue weighted by Crippen LogP contribution is -2.47. The van der Waals surface area contributed by atoms with E-state index in [2.05, 4.69) is 15.5 Å². The molecule has 170 valence electrons. The van der Waals surface area contributed by atoms with Gasteiger partial charge in [0.1, 0.15) is 5.82 Å². The minimum absolute atomic E-state index is 0.165. The molecule has 2 amide bonds. The van der Waals surface area contributed by atoms with Gasteiger partial charge < -0.3 is 24.1 Å². The largest absolute Gasteiger partial charge is 0.454 e. The van der Waals surface area contributed by atoms with Crippen LogP contribution in [0.3, 0.4) is 0 Å². The fraction of sp³-hybridized carbons (Fsp3) is 0.261. The lowest BCUT2D eigenvalue weighted by atomic mass is 9.94. The van der Waals surface area contributed by atoms with Gasteiger partial charge in [-0.15, -0.1) is 0 Å². The van der Waals surface area contributed by atoms with Gasteiger partial charge in [-0.1, -0.05) is 17.3 Å². The molecule has 1 unspecified atom stereocenters. The summed E-state index contributed by atoms with van der Waals surface area (Å²) in [5, 5.41) is 7.10. The van der Waals surface area contributed by atoms with E-state index in [1.165, 1.54) is 12.1 Å². The zero-order valence-electron chi connectivity index (χ0n) is 18.0. The number of fused-ring (bicyclic) bond motifs is 1. The summed E-state index contributed by atoms with van der Waals surface area (Å²) in [7, 11) is 1.57.